The van der Waals surface area contributed by atoms with Crippen LogP contribution in [-0.2, 0) is 16.9 Å². The lowest BCUT2D eigenvalue weighted by Gasteiger charge is -2.33. The normalized spacial score (nSPS) is 19.3. The third-order valence-corrected chi connectivity index (χ3v) is 6.58. The van der Waals surface area contributed by atoms with E-state index in [1.807, 2.05) is 48.5 Å². The highest BCUT2D eigenvalue weighted by Crippen LogP contribution is 2.36. The van der Waals surface area contributed by atoms with E-state index in [0.29, 0.717) is 23.3 Å². The Morgan fingerprint density at radius 2 is 1.66 bits per heavy atom. The first-order chi connectivity index (χ1) is 15.6. The fraction of sp³-hybridized carbons (Fsp3) is 0.308. The number of ether oxygens (including phenoxy) is 3. The summed E-state index contributed by atoms with van der Waals surface area (Å²) in [5.41, 5.74) is 1.64. The highest BCUT2D eigenvalue weighted by molar-refractivity contribution is 6.42. The zero-order chi connectivity index (χ0) is 22.4. The van der Waals surface area contributed by atoms with E-state index >= 15 is 0 Å². The van der Waals surface area contributed by atoms with Crippen LogP contribution in [0.4, 0.5) is 0 Å². The first-order valence-electron chi connectivity index (χ1n) is 10.7. The summed E-state index contributed by atoms with van der Waals surface area (Å²) >= 11 is 12.6. The van der Waals surface area contributed by atoms with Crippen LogP contribution in [0, 0.1) is 0 Å². The third-order valence-electron chi connectivity index (χ3n) is 5.84. The number of halogens is 2. The molecule has 0 bridgehead atoms. The molecular weight excluding hydrogens is 445 g/mol. The summed E-state index contributed by atoms with van der Waals surface area (Å²) in [4.78, 5) is 2.42. The summed E-state index contributed by atoms with van der Waals surface area (Å²) in [5, 5.41) is 1.04. The number of nitrogens with zero attached hydrogens (tertiary/aromatic N) is 1. The molecule has 32 heavy (non-hydrogen) atoms. The van der Waals surface area contributed by atoms with Gasteiger partial charge in [-0.2, -0.15) is 0 Å². The molecule has 1 aliphatic heterocycles. The molecule has 0 radical (unpaired) electrons. The van der Waals surface area contributed by atoms with Gasteiger partial charge in [0.1, 0.15) is 23.7 Å². The molecule has 0 amide bonds. The first-order valence-corrected chi connectivity index (χ1v) is 11.5. The number of hydrogen-bond donors (Lipinski definition) is 0. The van der Waals surface area contributed by atoms with E-state index in [9.17, 15) is 0 Å². The van der Waals surface area contributed by atoms with Gasteiger partial charge in [-0.15, -0.1) is 0 Å². The average Bonchev–Trinajstić information content (AvgIpc) is 3.03. The highest BCUT2D eigenvalue weighted by atomic mass is 35.5. The average molecular weight is 472 g/mol. The Morgan fingerprint density at radius 3 is 2.38 bits per heavy atom. The van der Waals surface area contributed by atoms with Crippen molar-refractivity contribution in [2.45, 2.75) is 18.6 Å². The molecule has 0 spiro atoms. The molecule has 1 fully saturated rings. The lowest BCUT2D eigenvalue weighted by atomic mass is 9.90. The van der Waals surface area contributed by atoms with Crippen molar-refractivity contribution in [1.82, 2.24) is 4.90 Å². The van der Waals surface area contributed by atoms with Gasteiger partial charge in [-0.25, -0.2) is 0 Å². The quantitative estimate of drug-likeness (QED) is 0.410. The van der Waals surface area contributed by atoms with Gasteiger partial charge in [0.2, 0.25) is 0 Å². The van der Waals surface area contributed by atoms with Gasteiger partial charge in [-0.3, -0.25) is 4.90 Å². The van der Waals surface area contributed by atoms with Crippen molar-refractivity contribution in [1.29, 1.82) is 0 Å². The minimum Gasteiger partial charge on any atom is -0.497 e. The second-order valence-corrected chi connectivity index (χ2v) is 8.76. The van der Waals surface area contributed by atoms with Crippen LogP contribution in [0.1, 0.15) is 17.5 Å². The van der Waals surface area contributed by atoms with Crippen molar-refractivity contribution < 1.29 is 14.2 Å². The molecule has 1 heterocycles. The van der Waals surface area contributed by atoms with Crippen LogP contribution < -0.4 is 9.47 Å². The van der Waals surface area contributed by atoms with Crippen LogP contribution in [-0.4, -0.2) is 38.3 Å². The minimum atomic E-state index is -0.625. The molecule has 168 valence electrons. The zero-order valence-corrected chi connectivity index (χ0v) is 19.6. The monoisotopic (exact) mass is 471 g/mol. The molecule has 4 rings (SSSR count). The summed E-state index contributed by atoms with van der Waals surface area (Å²) in [5.74, 6) is 1.55. The van der Waals surface area contributed by atoms with E-state index in [1.54, 1.807) is 7.11 Å². The molecule has 1 saturated heterocycles. The fourth-order valence-corrected chi connectivity index (χ4v) is 4.27. The molecule has 4 nitrogen and oxygen atoms in total. The Morgan fingerprint density at radius 1 is 0.906 bits per heavy atom. The summed E-state index contributed by atoms with van der Waals surface area (Å²) < 4.78 is 18.0. The summed E-state index contributed by atoms with van der Waals surface area (Å²) in [6, 6.07) is 23.8. The molecular formula is C26H27Cl2NO3. The Kier molecular flexibility index (Phi) is 7.59. The van der Waals surface area contributed by atoms with E-state index in [4.69, 9.17) is 37.4 Å². The maximum Gasteiger partial charge on any atom is 0.128 e. The van der Waals surface area contributed by atoms with E-state index in [2.05, 4.69) is 29.2 Å². The predicted octanol–water partition coefficient (Wildman–Crippen LogP) is 6.20. The molecule has 0 saturated carbocycles. The van der Waals surface area contributed by atoms with Gasteiger partial charge in [0.25, 0.3) is 0 Å². The van der Waals surface area contributed by atoms with Crippen LogP contribution in [0.15, 0.2) is 72.8 Å². The molecule has 1 aliphatic rings. The van der Waals surface area contributed by atoms with Crippen molar-refractivity contribution >= 4 is 23.2 Å². The van der Waals surface area contributed by atoms with Crippen LogP contribution in [0.25, 0.3) is 0 Å². The van der Waals surface area contributed by atoms with Crippen molar-refractivity contribution in [3.8, 4) is 11.5 Å². The van der Waals surface area contributed by atoms with Gasteiger partial charge in [0.15, 0.2) is 0 Å². The number of methoxy groups -OCH3 is 1. The molecule has 0 aliphatic carbocycles. The van der Waals surface area contributed by atoms with Gasteiger partial charge in [0, 0.05) is 19.6 Å². The van der Waals surface area contributed by atoms with Gasteiger partial charge in [0.05, 0.1) is 23.8 Å². The number of hydrogen-bond acceptors (Lipinski definition) is 4. The molecule has 0 N–H and O–H groups in total. The Balaban J connectivity index is 1.54. The number of benzene rings is 3. The Bertz CT molecular complexity index is 1010. The molecule has 3 aromatic rings. The maximum absolute atomic E-state index is 6.51. The van der Waals surface area contributed by atoms with Crippen molar-refractivity contribution in [3.05, 3.63) is 94.0 Å². The molecule has 3 aromatic carbocycles. The lowest BCUT2D eigenvalue weighted by Crippen LogP contribution is -2.37. The topological polar surface area (TPSA) is 30.9 Å². The van der Waals surface area contributed by atoms with Crippen molar-refractivity contribution in [2.24, 2.45) is 0 Å². The van der Waals surface area contributed by atoms with E-state index < -0.39 is 5.60 Å². The van der Waals surface area contributed by atoms with E-state index in [0.717, 1.165) is 43.1 Å². The smallest absolute Gasteiger partial charge is 0.128 e. The Hall–Kier alpha value is -2.24. The summed E-state index contributed by atoms with van der Waals surface area (Å²) in [7, 11) is 1.65. The molecule has 1 unspecified atom stereocenters. The zero-order valence-electron chi connectivity index (χ0n) is 18.1. The fourth-order valence-electron chi connectivity index (χ4n) is 3.97. The van der Waals surface area contributed by atoms with E-state index in [1.165, 1.54) is 5.56 Å². The van der Waals surface area contributed by atoms with Crippen LogP contribution >= 0.6 is 23.2 Å². The van der Waals surface area contributed by atoms with Crippen LogP contribution in [0.5, 0.6) is 11.5 Å². The predicted molar refractivity (Wildman–Crippen MR) is 129 cm³/mol. The lowest BCUT2D eigenvalue weighted by molar-refractivity contribution is -0.0726. The van der Waals surface area contributed by atoms with Crippen LogP contribution in [0.2, 0.25) is 10.0 Å². The third kappa shape index (κ3) is 5.57. The number of rotatable bonds is 7. The highest BCUT2D eigenvalue weighted by Gasteiger charge is 2.37. The van der Waals surface area contributed by atoms with Crippen molar-refractivity contribution in [3.63, 3.8) is 0 Å². The maximum atomic E-state index is 6.51. The summed E-state index contributed by atoms with van der Waals surface area (Å²) in [6.45, 7) is 3.58. The van der Waals surface area contributed by atoms with Crippen molar-refractivity contribution in [2.75, 3.05) is 33.4 Å². The van der Waals surface area contributed by atoms with Gasteiger partial charge in [-0.05, 0) is 53.9 Å². The second kappa shape index (κ2) is 10.6. The summed E-state index contributed by atoms with van der Waals surface area (Å²) in [6.07, 6.45) is 0.772. The largest absolute Gasteiger partial charge is 0.497 e. The van der Waals surface area contributed by atoms with E-state index in [-0.39, 0.29) is 0 Å². The molecule has 1 atom stereocenters. The van der Waals surface area contributed by atoms with Gasteiger partial charge in [-0.1, -0.05) is 59.6 Å². The van der Waals surface area contributed by atoms with Crippen LogP contribution in [0.3, 0.4) is 0 Å². The second-order valence-electron chi connectivity index (χ2n) is 7.95. The minimum absolute atomic E-state index is 0.371. The first kappa shape index (κ1) is 22.9. The SMILES string of the molecule is COc1ccc(OCC2(c3ccc(Cl)c(Cl)c3)CCN(Cc3ccccc3)CCO2)cc1. The molecule has 6 heteroatoms. The van der Waals surface area contributed by atoms with Gasteiger partial charge >= 0.3 is 0 Å². The van der Waals surface area contributed by atoms with Gasteiger partial charge < -0.3 is 14.2 Å². The Labute approximate surface area is 199 Å². The standard InChI is InChI=1S/C26H27Cl2NO3/c1-30-22-8-10-23(11-9-22)31-19-26(21-7-12-24(27)25(28)17-21)13-14-29(15-16-32-26)18-20-5-3-2-4-6-20/h2-12,17H,13-16,18-19H2,1H3. The molecule has 0 aromatic heterocycles.